The fourth-order valence-corrected chi connectivity index (χ4v) is 5.22. The Bertz CT molecular complexity index is 795. The summed E-state index contributed by atoms with van der Waals surface area (Å²) in [6.07, 6.45) is 6.20. The first-order valence-electron chi connectivity index (χ1n) is 9.73. The maximum Gasteiger partial charge on any atom is 0.309 e. The molecule has 0 spiro atoms. The quantitative estimate of drug-likeness (QED) is 0.753. The van der Waals surface area contributed by atoms with Gasteiger partial charge in [0.25, 0.3) is 5.91 Å². The second-order valence-corrected chi connectivity index (χ2v) is 8.27. The maximum atomic E-state index is 13.2. The Hall–Kier alpha value is -1.82. The van der Waals surface area contributed by atoms with E-state index in [-0.39, 0.29) is 17.8 Å². The fraction of sp³-hybridized carbons (Fsp3) is 0.600. The highest BCUT2D eigenvalue weighted by Gasteiger charge is 2.32. The van der Waals surface area contributed by atoms with E-state index in [9.17, 15) is 9.59 Å². The Kier molecular flexibility index (Phi) is 5.02. The predicted octanol–water partition coefficient (Wildman–Crippen LogP) is 4.23. The minimum Gasteiger partial charge on any atom is -0.466 e. The number of likely N-dealkylation sites (tertiary alicyclic amines) is 1. The number of ether oxygens (including phenoxy) is 1. The largest absolute Gasteiger partial charge is 0.466 e. The molecule has 0 aromatic carbocycles. The monoisotopic (exact) mass is 374 g/mol. The number of amides is 1. The number of esters is 1. The van der Waals surface area contributed by atoms with Crippen molar-refractivity contribution in [3.8, 4) is 0 Å². The van der Waals surface area contributed by atoms with Gasteiger partial charge >= 0.3 is 5.97 Å². The molecule has 0 bridgehead atoms. The summed E-state index contributed by atoms with van der Waals surface area (Å²) in [5.74, 6) is -0.0684. The van der Waals surface area contributed by atoms with E-state index in [4.69, 9.17) is 4.74 Å². The lowest BCUT2D eigenvalue weighted by Gasteiger charge is -2.31. The highest BCUT2D eigenvalue weighted by molar-refractivity contribution is 7.17. The van der Waals surface area contributed by atoms with Crippen molar-refractivity contribution < 1.29 is 14.3 Å². The standard InChI is InChI=1S/C20H26N2O3S/c1-2-25-20(24)14-7-10-21(11-8-14)19(23)17-13-18-16(9-12-26-18)22(17)15-5-3-4-6-15/h9,12-15H,2-8,10-11H2,1H3. The molecule has 1 saturated carbocycles. The van der Waals surface area contributed by atoms with Crippen LogP contribution in [0.15, 0.2) is 17.5 Å². The van der Waals surface area contributed by atoms with E-state index >= 15 is 0 Å². The minimum atomic E-state index is -0.116. The van der Waals surface area contributed by atoms with Crippen molar-refractivity contribution in [3.05, 3.63) is 23.2 Å². The zero-order valence-electron chi connectivity index (χ0n) is 15.3. The average molecular weight is 375 g/mol. The summed E-state index contributed by atoms with van der Waals surface area (Å²) in [4.78, 5) is 27.1. The van der Waals surface area contributed by atoms with Crippen LogP contribution in [0, 0.1) is 5.92 Å². The van der Waals surface area contributed by atoms with Crippen molar-refractivity contribution in [1.82, 2.24) is 9.47 Å². The first-order valence-corrected chi connectivity index (χ1v) is 10.6. The highest BCUT2D eigenvalue weighted by Crippen LogP contribution is 2.37. The second kappa shape index (κ2) is 7.43. The van der Waals surface area contributed by atoms with E-state index < -0.39 is 0 Å². The van der Waals surface area contributed by atoms with E-state index in [0.717, 1.165) is 18.5 Å². The Morgan fingerprint density at radius 3 is 2.62 bits per heavy atom. The molecule has 0 unspecified atom stereocenters. The number of rotatable bonds is 4. The van der Waals surface area contributed by atoms with Gasteiger partial charge in [0.15, 0.2) is 0 Å². The molecular weight excluding hydrogens is 348 g/mol. The molecule has 2 aromatic rings. The van der Waals surface area contributed by atoms with Gasteiger partial charge in [-0.05, 0) is 50.1 Å². The van der Waals surface area contributed by atoms with Gasteiger partial charge in [-0.25, -0.2) is 0 Å². The third-order valence-corrected chi connectivity index (χ3v) is 6.62. The van der Waals surface area contributed by atoms with Gasteiger partial charge in [0, 0.05) is 19.1 Å². The van der Waals surface area contributed by atoms with Crippen molar-refractivity contribution in [3.63, 3.8) is 0 Å². The summed E-state index contributed by atoms with van der Waals surface area (Å²) >= 11 is 1.70. The number of carbonyl (C=O) groups is 2. The molecule has 4 rings (SSSR count). The molecule has 3 heterocycles. The van der Waals surface area contributed by atoms with Crippen LogP contribution in [0.1, 0.15) is 62.0 Å². The second-order valence-electron chi connectivity index (χ2n) is 7.33. The van der Waals surface area contributed by atoms with Crippen LogP contribution in [0.3, 0.4) is 0 Å². The number of piperidine rings is 1. The van der Waals surface area contributed by atoms with Gasteiger partial charge in [-0.3, -0.25) is 9.59 Å². The lowest BCUT2D eigenvalue weighted by molar-refractivity contribution is -0.149. The molecule has 2 aromatic heterocycles. The molecule has 0 radical (unpaired) electrons. The van der Waals surface area contributed by atoms with Gasteiger partial charge in [0.2, 0.25) is 0 Å². The van der Waals surface area contributed by atoms with Gasteiger partial charge in [-0.1, -0.05) is 12.8 Å². The zero-order valence-corrected chi connectivity index (χ0v) is 16.1. The Balaban J connectivity index is 1.53. The molecule has 1 aliphatic carbocycles. The smallest absolute Gasteiger partial charge is 0.309 e. The van der Waals surface area contributed by atoms with Gasteiger partial charge in [0.1, 0.15) is 5.69 Å². The van der Waals surface area contributed by atoms with Crippen LogP contribution in [0.4, 0.5) is 0 Å². The van der Waals surface area contributed by atoms with Crippen LogP contribution in [-0.2, 0) is 9.53 Å². The number of fused-ring (bicyclic) bond motifs is 1. The lowest BCUT2D eigenvalue weighted by atomic mass is 9.97. The van der Waals surface area contributed by atoms with Crippen LogP contribution in [-0.4, -0.2) is 41.0 Å². The number of aromatic nitrogens is 1. The third-order valence-electron chi connectivity index (χ3n) is 5.77. The van der Waals surface area contributed by atoms with Crippen molar-refractivity contribution in [1.29, 1.82) is 0 Å². The first kappa shape index (κ1) is 17.6. The van der Waals surface area contributed by atoms with Crippen molar-refractivity contribution in [2.75, 3.05) is 19.7 Å². The van der Waals surface area contributed by atoms with Crippen LogP contribution < -0.4 is 0 Å². The SMILES string of the molecule is CCOC(=O)C1CCN(C(=O)c2cc3sccc3n2C2CCCC2)CC1. The average Bonchev–Trinajstić information content (AvgIpc) is 3.38. The topological polar surface area (TPSA) is 51.5 Å². The van der Waals surface area contributed by atoms with E-state index in [1.165, 1.54) is 23.1 Å². The minimum absolute atomic E-state index is 0.0656. The van der Waals surface area contributed by atoms with E-state index in [2.05, 4.69) is 22.1 Å². The van der Waals surface area contributed by atoms with Crippen molar-refractivity contribution >= 4 is 33.4 Å². The van der Waals surface area contributed by atoms with Crippen LogP contribution >= 0.6 is 11.3 Å². The number of carbonyl (C=O) groups excluding carboxylic acids is 2. The Morgan fingerprint density at radius 1 is 1.19 bits per heavy atom. The Morgan fingerprint density at radius 2 is 1.92 bits per heavy atom. The summed E-state index contributed by atoms with van der Waals surface area (Å²) < 4.78 is 8.62. The van der Waals surface area contributed by atoms with Crippen LogP contribution in [0.2, 0.25) is 0 Å². The summed E-state index contributed by atoms with van der Waals surface area (Å²) in [5, 5.41) is 2.11. The number of thiophene rings is 1. The molecule has 2 aliphatic rings. The summed E-state index contributed by atoms with van der Waals surface area (Å²) in [6.45, 7) is 3.51. The van der Waals surface area contributed by atoms with E-state index in [1.54, 1.807) is 11.3 Å². The molecule has 0 atom stereocenters. The highest BCUT2D eigenvalue weighted by atomic mass is 32.1. The van der Waals surface area contributed by atoms with Crippen molar-refractivity contribution in [2.45, 2.75) is 51.5 Å². The molecule has 1 aliphatic heterocycles. The fourth-order valence-electron chi connectivity index (χ4n) is 4.41. The summed E-state index contributed by atoms with van der Waals surface area (Å²) in [5.41, 5.74) is 2.03. The van der Waals surface area contributed by atoms with Gasteiger partial charge in [-0.2, -0.15) is 0 Å². The molecule has 2 fully saturated rings. The molecule has 26 heavy (non-hydrogen) atoms. The Labute approximate surface area is 157 Å². The molecule has 6 heteroatoms. The number of nitrogens with zero attached hydrogens (tertiary/aromatic N) is 2. The zero-order chi connectivity index (χ0) is 18.1. The van der Waals surface area contributed by atoms with Gasteiger partial charge < -0.3 is 14.2 Å². The van der Waals surface area contributed by atoms with E-state index in [1.807, 2.05) is 11.8 Å². The predicted molar refractivity (Wildman–Crippen MR) is 103 cm³/mol. The normalized spacial score (nSPS) is 19.3. The molecule has 140 valence electrons. The molecule has 0 N–H and O–H groups in total. The third kappa shape index (κ3) is 3.15. The number of hydrogen-bond donors (Lipinski definition) is 0. The summed E-state index contributed by atoms with van der Waals surface area (Å²) in [6, 6.07) is 4.65. The summed E-state index contributed by atoms with van der Waals surface area (Å²) in [7, 11) is 0. The lowest BCUT2D eigenvalue weighted by Crippen LogP contribution is -2.41. The van der Waals surface area contributed by atoms with Gasteiger partial charge in [0.05, 0.1) is 22.7 Å². The molecule has 1 saturated heterocycles. The first-order chi connectivity index (χ1) is 12.7. The van der Waals surface area contributed by atoms with Crippen molar-refractivity contribution in [2.24, 2.45) is 5.92 Å². The van der Waals surface area contributed by atoms with Crippen LogP contribution in [0.25, 0.3) is 10.2 Å². The van der Waals surface area contributed by atoms with Crippen LogP contribution in [0.5, 0.6) is 0 Å². The molecular formula is C20H26N2O3S. The molecule has 5 nitrogen and oxygen atoms in total. The van der Waals surface area contributed by atoms with Gasteiger partial charge in [-0.15, -0.1) is 11.3 Å². The molecule has 1 amide bonds. The van der Waals surface area contributed by atoms with E-state index in [0.29, 0.717) is 38.6 Å². The maximum absolute atomic E-state index is 13.2. The number of hydrogen-bond acceptors (Lipinski definition) is 4.